The number of ether oxygens (including phenoxy) is 1. The number of rotatable bonds is 8. The highest BCUT2D eigenvalue weighted by molar-refractivity contribution is 5.74. The van der Waals surface area contributed by atoms with Gasteiger partial charge in [-0.1, -0.05) is 13.8 Å². The number of nitrogens with one attached hydrogen (secondary N) is 2. The van der Waals surface area contributed by atoms with Crippen LogP contribution in [0.25, 0.3) is 0 Å². The van der Waals surface area contributed by atoms with Crippen molar-refractivity contribution in [2.24, 2.45) is 5.41 Å². The van der Waals surface area contributed by atoms with Gasteiger partial charge in [0.25, 0.3) is 0 Å². The van der Waals surface area contributed by atoms with Crippen molar-refractivity contribution < 1.29 is 19.4 Å². The first kappa shape index (κ1) is 16.8. The van der Waals surface area contributed by atoms with Crippen molar-refractivity contribution in [3.63, 3.8) is 0 Å². The zero-order chi connectivity index (χ0) is 15.2. The molecule has 0 bridgehead atoms. The zero-order valence-electron chi connectivity index (χ0n) is 12.6. The molecule has 1 saturated carbocycles. The van der Waals surface area contributed by atoms with Gasteiger partial charge in [-0.25, -0.2) is 4.79 Å². The third-order valence-electron chi connectivity index (χ3n) is 4.54. The van der Waals surface area contributed by atoms with Crippen molar-refractivity contribution in [3.8, 4) is 0 Å². The highest BCUT2D eigenvalue weighted by atomic mass is 16.5. The summed E-state index contributed by atoms with van der Waals surface area (Å²) in [4.78, 5) is 22.2. The molecule has 1 aliphatic carbocycles. The van der Waals surface area contributed by atoms with E-state index < -0.39 is 5.97 Å². The van der Waals surface area contributed by atoms with E-state index in [4.69, 9.17) is 9.84 Å². The number of methoxy groups -OCH3 is 1. The van der Waals surface area contributed by atoms with E-state index in [9.17, 15) is 9.59 Å². The van der Waals surface area contributed by atoms with Crippen molar-refractivity contribution in [1.29, 1.82) is 0 Å². The molecule has 20 heavy (non-hydrogen) atoms. The molecule has 2 amide bonds. The molecule has 0 saturated heterocycles. The fourth-order valence-corrected chi connectivity index (χ4v) is 3.13. The van der Waals surface area contributed by atoms with Gasteiger partial charge in [-0.15, -0.1) is 0 Å². The van der Waals surface area contributed by atoms with Gasteiger partial charge >= 0.3 is 12.0 Å². The van der Waals surface area contributed by atoms with E-state index in [0.29, 0.717) is 13.0 Å². The number of hydrogen-bond donors (Lipinski definition) is 3. The van der Waals surface area contributed by atoms with Crippen LogP contribution in [0.5, 0.6) is 0 Å². The molecule has 2 atom stereocenters. The topological polar surface area (TPSA) is 87.7 Å². The Labute approximate surface area is 120 Å². The van der Waals surface area contributed by atoms with Crippen LogP contribution in [0, 0.1) is 5.41 Å². The van der Waals surface area contributed by atoms with Crippen LogP contribution in [0.2, 0.25) is 0 Å². The van der Waals surface area contributed by atoms with Crippen molar-refractivity contribution in [3.05, 3.63) is 0 Å². The van der Waals surface area contributed by atoms with Gasteiger partial charge in [0.2, 0.25) is 0 Å². The maximum atomic E-state index is 11.8. The minimum atomic E-state index is -0.842. The number of carbonyl (C=O) groups excluding carboxylic acids is 1. The Bertz CT molecular complexity index is 342. The Balaban J connectivity index is 2.37. The third-order valence-corrected chi connectivity index (χ3v) is 4.54. The second kappa shape index (κ2) is 7.47. The van der Waals surface area contributed by atoms with Gasteiger partial charge in [-0.3, -0.25) is 4.79 Å². The first-order valence-corrected chi connectivity index (χ1v) is 7.29. The van der Waals surface area contributed by atoms with E-state index in [1.807, 2.05) is 0 Å². The molecule has 0 radical (unpaired) electrons. The summed E-state index contributed by atoms with van der Waals surface area (Å²) in [6, 6.07) is -0.0943. The first-order valence-electron chi connectivity index (χ1n) is 7.29. The SMILES string of the molecule is CCC1(CC)C(NC(=O)NCCCC(=O)O)CC1OC. The predicted molar refractivity (Wildman–Crippen MR) is 75.6 cm³/mol. The third kappa shape index (κ3) is 3.62. The lowest BCUT2D eigenvalue weighted by atomic mass is 9.58. The van der Waals surface area contributed by atoms with E-state index in [2.05, 4.69) is 24.5 Å². The molecule has 1 fully saturated rings. The molecule has 116 valence electrons. The molecule has 0 aliphatic heterocycles. The van der Waals surface area contributed by atoms with E-state index in [1.54, 1.807) is 7.11 Å². The number of amides is 2. The summed E-state index contributed by atoms with van der Waals surface area (Å²) in [6.45, 7) is 4.62. The smallest absolute Gasteiger partial charge is 0.315 e. The lowest BCUT2D eigenvalue weighted by molar-refractivity contribution is -0.137. The number of hydrogen-bond acceptors (Lipinski definition) is 3. The van der Waals surface area contributed by atoms with Gasteiger partial charge in [0.05, 0.1) is 6.10 Å². The lowest BCUT2D eigenvalue weighted by Crippen LogP contribution is -2.65. The molecule has 0 aromatic heterocycles. The van der Waals surface area contributed by atoms with Gasteiger partial charge in [-0.2, -0.15) is 0 Å². The monoisotopic (exact) mass is 286 g/mol. The average molecular weight is 286 g/mol. The van der Waals surface area contributed by atoms with Gasteiger partial charge in [0.1, 0.15) is 0 Å². The average Bonchev–Trinajstić information content (AvgIpc) is 2.40. The Morgan fingerprint density at radius 3 is 2.50 bits per heavy atom. The minimum Gasteiger partial charge on any atom is -0.481 e. The Kier molecular flexibility index (Phi) is 6.26. The van der Waals surface area contributed by atoms with Crippen LogP contribution in [0.3, 0.4) is 0 Å². The largest absolute Gasteiger partial charge is 0.481 e. The Hall–Kier alpha value is -1.30. The molecule has 3 N–H and O–H groups in total. The van der Waals surface area contributed by atoms with E-state index in [0.717, 1.165) is 19.3 Å². The number of aliphatic carboxylic acids is 1. The molecule has 0 heterocycles. The van der Waals surface area contributed by atoms with Gasteiger partial charge in [0, 0.05) is 31.5 Å². The fraction of sp³-hybridized carbons (Fsp3) is 0.857. The van der Waals surface area contributed by atoms with Crippen LogP contribution in [0.4, 0.5) is 4.79 Å². The molecule has 0 aromatic rings. The Morgan fingerprint density at radius 1 is 1.35 bits per heavy atom. The minimum absolute atomic E-state index is 0.0210. The second-order valence-corrected chi connectivity index (χ2v) is 5.35. The summed E-state index contributed by atoms with van der Waals surface area (Å²) in [5.41, 5.74) is 0.0210. The second-order valence-electron chi connectivity index (χ2n) is 5.35. The maximum absolute atomic E-state index is 11.8. The number of carboxylic acid groups (broad SMARTS) is 1. The highest BCUT2D eigenvalue weighted by Crippen LogP contribution is 2.48. The van der Waals surface area contributed by atoms with Crippen LogP contribution in [0.1, 0.15) is 46.0 Å². The molecule has 6 nitrogen and oxygen atoms in total. The van der Waals surface area contributed by atoms with Crippen LogP contribution >= 0.6 is 0 Å². The molecule has 1 aliphatic rings. The summed E-state index contributed by atoms with van der Waals surface area (Å²) >= 11 is 0. The molecule has 2 unspecified atom stereocenters. The van der Waals surface area contributed by atoms with Crippen molar-refractivity contribution in [2.45, 2.75) is 58.1 Å². The zero-order valence-corrected chi connectivity index (χ0v) is 12.6. The summed E-state index contributed by atoms with van der Waals surface area (Å²) in [5, 5.41) is 14.2. The number of urea groups is 1. The van der Waals surface area contributed by atoms with Crippen LogP contribution in [-0.2, 0) is 9.53 Å². The van der Waals surface area contributed by atoms with Crippen LogP contribution < -0.4 is 10.6 Å². The molecular weight excluding hydrogens is 260 g/mol. The molecule has 0 spiro atoms. The quantitative estimate of drug-likeness (QED) is 0.593. The summed E-state index contributed by atoms with van der Waals surface area (Å²) < 4.78 is 5.48. The van der Waals surface area contributed by atoms with Crippen molar-refractivity contribution in [2.75, 3.05) is 13.7 Å². The molecule has 6 heteroatoms. The molecule has 0 aromatic carbocycles. The summed E-state index contributed by atoms with van der Waals surface area (Å²) in [6.07, 6.45) is 3.48. The molecule has 1 rings (SSSR count). The van der Waals surface area contributed by atoms with E-state index in [1.165, 1.54) is 0 Å². The highest BCUT2D eigenvalue weighted by Gasteiger charge is 2.53. The summed E-state index contributed by atoms with van der Waals surface area (Å²) in [5.74, 6) is -0.842. The standard InChI is InChI=1S/C14H26N2O4/c1-4-14(5-2)10(9-11(14)20-3)16-13(19)15-8-6-7-12(17)18/h10-11H,4-9H2,1-3H3,(H,17,18)(H2,15,16,19). The fourth-order valence-electron chi connectivity index (χ4n) is 3.13. The van der Waals surface area contributed by atoms with Crippen LogP contribution in [-0.4, -0.2) is 42.9 Å². The van der Waals surface area contributed by atoms with Crippen molar-refractivity contribution in [1.82, 2.24) is 10.6 Å². The van der Waals surface area contributed by atoms with Gasteiger partial charge in [0.15, 0.2) is 0 Å². The first-order chi connectivity index (χ1) is 9.50. The van der Waals surface area contributed by atoms with E-state index in [-0.39, 0.29) is 30.0 Å². The van der Waals surface area contributed by atoms with Crippen molar-refractivity contribution >= 4 is 12.0 Å². The molecular formula is C14H26N2O4. The summed E-state index contributed by atoms with van der Waals surface area (Å²) in [7, 11) is 1.72. The predicted octanol–water partition coefficient (Wildman–Crippen LogP) is 1.74. The normalized spacial score (nSPS) is 23.8. The lowest BCUT2D eigenvalue weighted by Gasteiger charge is -2.54. The van der Waals surface area contributed by atoms with E-state index >= 15 is 0 Å². The van der Waals surface area contributed by atoms with Gasteiger partial charge in [-0.05, 0) is 25.7 Å². The van der Waals surface area contributed by atoms with Crippen LogP contribution in [0.15, 0.2) is 0 Å². The Morgan fingerprint density at radius 2 is 2.00 bits per heavy atom. The number of carboxylic acids is 1. The van der Waals surface area contributed by atoms with Gasteiger partial charge < -0.3 is 20.5 Å². The number of carbonyl (C=O) groups is 2. The maximum Gasteiger partial charge on any atom is 0.315 e.